The number of benzene rings is 1. The highest BCUT2D eigenvalue weighted by Gasteiger charge is 2.07. The summed E-state index contributed by atoms with van der Waals surface area (Å²) in [6.07, 6.45) is 3.29. The summed E-state index contributed by atoms with van der Waals surface area (Å²) in [6, 6.07) is 9.08. The lowest BCUT2D eigenvalue weighted by Gasteiger charge is -2.06. The topological polar surface area (TPSA) is 45.9 Å². The van der Waals surface area contributed by atoms with E-state index >= 15 is 0 Å². The lowest BCUT2D eigenvalue weighted by Crippen LogP contribution is -1.88. The van der Waals surface area contributed by atoms with Crippen molar-refractivity contribution in [3.63, 3.8) is 0 Å². The monoisotopic (exact) mass is 244 g/mol. The fraction of sp³-hybridized carbons (Fsp3) is 0.0769. The zero-order valence-corrected chi connectivity index (χ0v) is 9.90. The summed E-state index contributed by atoms with van der Waals surface area (Å²) in [5, 5.41) is 9.64. The van der Waals surface area contributed by atoms with E-state index in [0.29, 0.717) is 16.3 Å². The first-order valence-corrected chi connectivity index (χ1v) is 5.31. The van der Waals surface area contributed by atoms with Crippen LogP contribution in [0.3, 0.4) is 0 Å². The Balaban J connectivity index is 2.59. The molecule has 4 heteroatoms. The Morgan fingerprint density at radius 3 is 2.82 bits per heavy atom. The summed E-state index contributed by atoms with van der Waals surface area (Å²) in [4.78, 5) is 4.06. The molecule has 0 aliphatic rings. The fourth-order valence-electron chi connectivity index (χ4n) is 1.53. The number of methoxy groups -OCH3 is 1. The predicted molar refractivity (Wildman–Crippen MR) is 66.0 cm³/mol. The maximum absolute atomic E-state index is 9.05. The molecular formula is C13H9ClN2O. The summed E-state index contributed by atoms with van der Waals surface area (Å²) in [5.41, 5.74) is 2.12. The van der Waals surface area contributed by atoms with Gasteiger partial charge in [0.1, 0.15) is 5.75 Å². The molecule has 1 aromatic heterocycles. The van der Waals surface area contributed by atoms with Gasteiger partial charge in [-0.25, -0.2) is 0 Å². The van der Waals surface area contributed by atoms with Gasteiger partial charge < -0.3 is 4.74 Å². The van der Waals surface area contributed by atoms with Crippen molar-refractivity contribution in [2.75, 3.05) is 7.11 Å². The van der Waals surface area contributed by atoms with Crippen LogP contribution < -0.4 is 4.74 Å². The predicted octanol–water partition coefficient (Wildman–Crippen LogP) is 3.28. The van der Waals surface area contributed by atoms with Gasteiger partial charge in [0.05, 0.1) is 24.9 Å². The molecule has 0 saturated heterocycles. The minimum Gasteiger partial charge on any atom is -0.495 e. The number of ether oxygens (including phenoxy) is 1. The molecule has 0 atom stereocenters. The summed E-state index contributed by atoms with van der Waals surface area (Å²) in [7, 11) is 1.57. The fourth-order valence-corrected chi connectivity index (χ4v) is 1.70. The Labute approximate surface area is 104 Å². The van der Waals surface area contributed by atoms with Crippen LogP contribution in [0.5, 0.6) is 5.75 Å². The van der Waals surface area contributed by atoms with Gasteiger partial charge in [0.2, 0.25) is 0 Å². The molecule has 2 rings (SSSR count). The van der Waals surface area contributed by atoms with E-state index in [1.807, 2.05) is 6.07 Å². The van der Waals surface area contributed by atoms with Crippen LogP contribution in [0.1, 0.15) is 5.56 Å². The van der Waals surface area contributed by atoms with Gasteiger partial charge in [-0.15, -0.1) is 0 Å². The first-order valence-electron chi connectivity index (χ1n) is 4.93. The molecule has 0 saturated carbocycles. The molecule has 0 N–H and O–H groups in total. The third kappa shape index (κ3) is 2.38. The third-order valence-electron chi connectivity index (χ3n) is 2.36. The van der Waals surface area contributed by atoms with Gasteiger partial charge in [-0.2, -0.15) is 5.26 Å². The molecule has 0 amide bonds. The number of halogens is 1. The van der Waals surface area contributed by atoms with Gasteiger partial charge in [-0.3, -0.25) is 4.98 Å². The first kappa shape index (κ1) is 11.4. The number of pyridine rings is 1. The number of rotatable bonds is 2. The molecule has 0 spiro atoms. The van der Waals surface area contributed by atoms with Crippen LogP contribution in [-0.2, 0) is 0 Å². The second kappa shape index (κ2) is 4.86. The van der Waals surface area contributed by atoms with Crippen molar-refractivity contribution in [1.29, 1.82) is 5.26 Å². The van der Waals surface area contributed by atoms with E-state index in [1.54, 1.807) is 37.7 Å². The molecule has 17 heavy (non-hydrogen) atoms. The Kier molecular flexibility index (Phi) is 3.27. The van der Waals surface area contributed by atoms with E-state index in [1.165, 1.54) is 0 Å². The third-order valence-corrected chi connectivity index (χ3v) is 2.60. The Morgan fingerprint density at radius 2 is 2.12 bits per heavy atom. The Hall–Kier alpha value is -2.05. The molecule has 0 aliphatic carbocycles. The van der Waals surface area contributed by atoms with E-state index in [0.717, 1.165) is 11.1 Å². The van der Waals surface area contributed by atoms with Crippen LogP contribution >= 0.6 is 11.6 Å². The molecule has 1 heterocycles. The molecule has 0 bridgehead atoms. The van der Waals surface area contributed by atoms with E-state index < -0.39 is 0 Å². The van der Waals surface area contributed by atoms with Crippen molar-refractivity contribution in [3.05, 3.63) is 47.2 Å². The Bertz CT molecular complexity index is 590. The highest BCUT2D eigenvalue weighted by Crippen LogP contribution is 2.28. The molecule has 0 aliphatic heterocycles. The van der Waals surface area contributed by atoms with Crippen molar-refractivity contribution in [2.45, 2.75) is 0 Å². The van der Waals surface area contributed by atoms with Gasteiger partial charge in [0.25, 0.3) is 0 Å². The first-order chi connectivity index (χ1) is 8.24. The summed E-state index contributed by atoms with van der Waals surface area (Å²) >= 11 is 5.94. The Morgan fingerprint density at radius 1 is 1.29 bits per heavy atom. The quantitative estimate of drug-likeness (QED) is 0.814. The maximum Gasteiger partial charge on any atom is 0.137 e. The van der Waals surface area contributed by atoms with Gasteiger partial charge in [-0.1, -0.05) is 11.6 Å². The SMILES string of the molecule is COc1cncc(-c2cc(Cl)ccc2C#N)c1. The molecule has 3 nitrogen and oxygen atoms in total. The van der Waals surface area contributed by atoms with E-state index in [2.05, 4.69) is 11.1 Å². The molecule has 0 radical (unpaired) electrons. The number of nitriles is 1. The number of hydrogen-bond donors (Lipinski definition) is 0. The summed E-state index contributed by atoms with van der Waals surface area (Å²) in [6.45, 7) is 0. The lowest BCUT2D eigenvalue weighted by atomic mass is 10.0. The average molecular weight is 245 g/mol. The average Bonchev–Trinajstić information content (AvgIpc) is 2.39. The zero-order valence-electron chi connectivity index (χ0n) is 9.14. The van der Waals surface area contributed by atoms with E-state index in [-0.39, 0.29) is 0 Å². The van der Waals surface area contributed by atoms with Crippen LogP contribution in [-0.4, -0.2) is 12.1 Å². The number of aromatic nitrogens is 1. The van der Waals surface area contributed by atoms with Crippen LogP contribution in [0, 0.1) is 11.3 Å². The number of nitrogens with zero attached hydrogens (tertiary/aromatic N) is 2. The van der Waals surface area contributed by atoms with Crippen molar-refractivity contribution in [3.8, 4) is 22.9 Å². The zero-order chi connectivity index (χ0) is 12.3. The van der Waals surface area contributed by atoms with E-state index in [9.17, 15) is 0 Å². The molecule has 84 valence electrons. The molecular weight excluding hydrogens is 236 g/mol. The largest absolute Gasteiger partial charge is 0.495 e. The number of hydrogen-bond acceptors (Lipinski definition) is 3. The molecule has 0 unspecified atom stereocenters. The van der Waals surface area contributed by atoms with Crippen LogP contribution in [0.2, 0.25) is 5.02 Å². The van der Waals surface area contributed by atoms with Crippen molar-refractivity contribution < 1.29 is 4.74 Å². The minimum atomic E-state index is 0.560. The van der Waals surface area contributed by atoms with Crippen LogP contribution in [0.25, 0.3) is 11.1 Å². The van der Waals surface area contributed by atoms with Gasteiger partial charge >= 0.3 is 0 Å². The van der Waals surface area contributed by atoms with E-state index in [4.69, 9.17) is 21.6 Å². The second-order valence-electron chi connectivity index (χ2n) is 3.42. The summed E-state index contributed by atoms with van der Waals surface area (Å²) in [5.74, 6) is 0.645. The van der Waals surface area contributed by atoms with Crippen molar-refractivity contribution >= 4 is 11.6 Å². The second-order valence-corrected chi connectivity index (χ2v) is 3.85. The normalized spacial score (nSPS) is 9.71. The highest BCUT2D eigenvalue weighted by atomic mass is 35.5. The van der Waals surface area contributed by atoms with Gasteiger partial charge in [0.15, 0.2) is 0 Å². The lowest BCUT2D eigenvalue weighted by molar-refractivity contribution is 0.413. The maximum atomic E-state index is 9.05. The van der Waals surface area contributed by atoms with Crippen LogP contribution in [0.15, 0.2) is 36.7 Å². The summed E-state index contributed by atoms with van der Waals surface area (Å²) < 4.78 is 5.10. The van der Waals surface area contributed by atoms with Crippen LogP contribution in [0.4, 0.5) is 0 Å². The van der Waals surface area contributed by atoms with Gasteiger partial charge in [-0.05, 0) is 24.3 Å². The molecule has 2 aromatic rings. The highest BCUT2D eigenvalue weighted by molar-refractivity contribution is 6.30. The van der Waals surface area contributed by atoms with Crippen molar-refractivity contribution in [1.82, 2.24) is 4.98 Å². The molecule has 1 aromatic carbocycles. The molecule has 0 fully saturated rings. The smallest absolute Gasteiger partial charge is 0.137 e. The van der Waals surface area contributed by atoms with Crippen molar-refractivity contribution in [2.24, 2.45) is 0 Å². The van der Waals surface area contributed by atoms with Gasteiger partial charge in [0, 0.05) is 22.3 Å². The standard InChI is InChI=1S/C13H9ClN2O/c1-17-12-4-10(7-16-8-12)13-5-11(14)3-2-9(13)6-15/h2-5,7-8H,1H3. The minimum absolute atomic E-state index is 0.560.